The molecule has 0 aromatic carbocycles. The highest BCUT2D eigenvalue weighted by molar-refractivity contribution is 5.71. The van der Waals surface area contributed by atoms with Gasteiger partial charge in [0.15, 0.2) is 6.10 Å². The molecular formula is C48H86O6. The lowest BCUT2D eigenvalue weighted by Crippen LogP contribution is -2.30. The van der Waals surface area contributed by atoms with Crippen molar-refractivity contribution in [3.05, 3.63) is 36.5 Å². The van der Waals surface area contributed by atoms with Gasteiger partial charge in [-0.15, -0.1) is 0 Å². The summed E-state index contributed by atoms with van der Waals surface area (Å²) in [7, 11) is 0. The SMILES string of the molecule is CC/C=C\C/C=C\C/C=C\CCCCC(=O)OC(COC(=O)CCCCCCCCCCCCC)COC(=O)CCCCCCCCCCCCCCC. The molecule has 0 aromatic heterocycles. The molecule has 0 amide bonds. The van der Waals surface area contributed by atoms with Crippen molar-refractivity contribution >= 4 is 17.9 Å². The fraction of sp³-hybridized carbons (Fsp3) is 0.812. The van der Waals surface area contributed by atoms with E-state index >= 15 is 0 Å². The van der Waals surface area contributed by atoms with Crippen molar-refractivity contribution in [3.63, 3.8) is 0 Å². The first-order valence-electron chi connectivity index (χ1n) is 23.0. The molecule has 1 unspecified atom stereocenters. The second-order valence-electron chi connectivity index (χ2n) is 15.3. The Hall–Kier alpha value is -2.37. The van der Waals surface area contributed by atoms with Gasteiger partial charge in [0.25, 0.3) is 0 Å². The van der Waals surface area contributed by atoms with Crippen LogP contribution in [0.3, 0.4) is 0 Å². The minimum Gasteiger partial charge on any atom is -0.462 e. The molecule has 0 heterocycles. The van der Waals surface area contributed by atoms with Crippen molar-refractivity contribution in [3.8, 4) is 0 Å². The van der Waals surface area contributed by atoms with Gasteiger partial charge >= 0.3 is 17.9 Å². The van der Waals surface area contributed by atoms with Gasteiger partial charge in [0.1, 0.15) is 13.2 Å². The van der Waals surface area contributed by atoms with Gasteiger partial charge < -0.3 is 14.2 Å². The predicted molar refractivity (Wildman–Crippen MR) is 229 cm³/mol. The molecule has 0 saturated heterocycles. The maximum Gasteiger partial charge on any atom is 0.306 e. The number of esters is 3. The van der Waals surface area contributed by atoms with Crippen molar-refractivity contribution in [1.29, 1.82) is 0 Å². The molecule has 0 saturated carbocycles. The van der Waals surface area contributed by atoms with Crippen molar-refractivity contribution in [2.45, 2.75) is 239 Å². The monoisotopic (exact) mass is 759 g/mol. The fourth-order valence-electron chi connectivity index (χ4n) is 6.46. The summed E-state index contributed by atoms with van der Waals surface area (Å²) in [6, 6.07) is 0. The van der Waals surface area contributed by atoms with Crippen LogP contribution in [0, 0.1) is 0 Å². The molecule has 0 aromatic rings. The van der Waals surface area contributed by atoms with E-state index in [9.17, 15) is 14.4 Å². The Bertz CT molecular complexity index is 922. The summed E-state index contributed by atoms with van der Waals surface area (Å²) in [6.45, 7) is 6.48. The zero-order valence-corrected chi connectivity index (χ0v) is 35.7. The second-order valence-corrected chi connectivity index (χ2v) is 15.3. The van der Waals surface area contributed by atoms with Crippen LogP contribution in [0.5, 0.6) is 0 Å². The molecule has 6 nitrogen and oxygen atoms in total. The summed E-state index contributed by atoms with van der Waals surface area (Å²) in [5.74, 6) is -0.921. The number of ether oxygens (including phenoxy) is 3. The fourth-order valence-corrected chi connectivity index (χ4v) is 6.46. The molecule has 0 aliphatic heterocycles. The summed E-state index contributed by atoms with van der Waals surface area (Å²) in [4.78, 5) is 37.7. The van der Waals surface area contributed by atoms with E-state index in [1.54, 1.807) is 0 Å². The molecule has 0 aliphatic rings. The van der Waals surface area contributed by atoms with Crippen LogP contribution >= 0.6 is 0 Å². The lowest BCUT2D eigenvalue weighted by molar-refractivity contribution is -0.167. The van der Waals surface area contributed by atoms with Crippen LogP contribution in [0.1, 0.15) is 233 Å². The first-order valence-corrected chi connectivity index (χ1v) is 23.0. The Morgan fingerprint density at radius 2 is 0.722 bits per heavy atom. The maximum atomic E-state index is 12.7. The summed E-state index contributed by atoms with van der Waals surface area (Å²) in [6.07, 6.45) is 48.4. The van der Waals surface area contributed by atoms with E-state index in [0.29, 0.717) is 19.3 Å². The van der Waals surface area contributed by atoms with Gasteiger partial charge in [-0.2, -0.15) is 0 Å². The molecule has 0 rings (SSSR count). The molecule has 6 heteroatoms. The third-order valence-electron chi connectivity index (χ3n) is 9.91. The Balaban J connectivity index is 4.40. The van der Waals surface area contributed by atoms with E-state index < -0.39 is 6.10 Å². The first kappa shape index (κ1) is 51.6. The average molecular weight is 759 g/mol. The van der Waals surface area contributed by atoms with Crippen LogP contribution in [0.4, 0.5) is 0 Å². The number of hydrogen-bond donors (Lipinski definition) is 0. The number of unbranched alkanes of at least 4 members (excludes halogenated alkanes) is 24. The number of carbonyl (C=O) groups excluding carboxylic acids is 3. The van der Waals surface area contributed by atoms with E-state index in [1.165, 1.54) is 116 Å². The molecule has 0 spiro atoms. The van der Waals surface area contributed by atoms with Gasteiger partial charge in [-0.1, -0.05) is 198 Å². The zero-order valence-electron chi connectivity index (χ0n) is 35.7. The van der Waals surface area contributed by atoms with Crippen LogP contribution in [-0.4, -0.2) is 37.2 Å². The highest BCUT2D eigenvalue weighted by atomic mass is 16.6. The normalized spacial score (nSPS) is 12.3. The summed E-state index contributed by atoms with van der Waals surface area (Å²) >= 11 is 0. The number of allylic oxidation sites excluding steroid dienone is 6. The highest BCUT2D eigenvalue weighted by Gasteiger charge is 2.19. The van der Waals surface area contributed by atoms with Gasteiger partial charge in [-0.05, 0) is 51.4 Å². The Morgan fingerprint density at radius 1 is 0.389 bits per heavy atom. The highest BCUT2D eigenvalue weighted by Crippen LogP contribution is 2.15. The molecule has 0 N–H and O–H groups in total. The topological polar surface area (TPSA) is 78.9 Å². The van der Waals surface area contributed by atoms with E-state index in [1.807, 2.05) is 0 Å². The smallest absolute Gasteiger partial charge is 0.306 e. The van der Waals surface area contributed by atoms with Crippen molar-refractivity contribution < 1.29 is 28.6 Å². The summed E-state index contributed by atoms with van der Waals surface area (Å²) in [5, 5.41) is 0. The van der Waals surface area contributed by atoms with Crippen LogP contribution in [0.2, 0.25) is 0 Å². The molecule has 54 heavy (non-hydrogen) atoms. The van der Waals surface area contributed by atoms with E-state index in [4.69, 9.17) is 14.2 Å². The lowest BCUT2D eigenvalue weighted by Gasteiger charge is -2.18. The van der Waals surface area contributed by atoms with E-state index in [2.05, 4.69) is 57.2 Å². The number of carbonyl (C=O) groups is 3. The average Bonchev–Trinajstić information content (AvgIpc) is 3.17. The second kappa shape index (κ2) is 43.4. The third-order valence-corrected chi connectivity index (χ3v) is 9.91. The molecule has 0 aliphatic carbocycles. The summed E-state index contributed by atoms with van der Waals surface area (Å²) < 4.78 is 16.7. The first-order chi connectivity index (χ1) is 26.5. The Labute approximate surface area is 334 Å². The van der Waals surface area contributed by atoms with Crippen LogP contribution in [0.15, 0.2) is 36.5 Å². The molecule has 0 radical (unpaired) electrons. The van der Waals surface area contributed by atoms with Gasteiger partial charge in [-0.25, -0.2) is 0 Å². The van der Waals surface area contributed by atoms with Crippen LogP contribution in [-0.2, 0) is 28.6 Å². The zero-order chi connectivity index (χ0) is 39.4. The third kappa shape index (κ3) is 40.8. The van der Waals surface area contributed by atoms with Gasteiger partial charge in [0.2, 0.25) is 0 Å². The van der Waals surface area contributed by atoms with Crippen LogP contribution in [0.25, 0.3) is 0 Å². The largest absolute Gasteiger partial charge is 0.462 e. The van der Waals surface area contributed by atoms with Gasteiger partial charge in [0.05, 0.1) is 0 Å². The minimum absolute atomic E-state index is 0.0841. The summed E-state index contributed by atoms with van der Waals surface area (Å²) in [5.41, 5.74) is 0. The van der Waals surface area contributed by atoms with Crippen molar-refractivity contribution in [2.75, 3.05) is 13.2 Å². The number of rotatable bonds is 41. The lowest BCUT2D eigenvalue weighted by atomic mass is 10.0. The molecule has 314 valence electrons. The molecule has 1 atom stereocenters. The number of hydrogen-bond acceptors (Lipinski definition) is 6. The minimum atomic E-state index is -0.784. The molecule has 0 bridgehead atoms. The van der Waals surface area contributed by atoms with Gasteiger partial charge in [-0.3, -0.25) is 14.4 Å². The molecular weight excluding hydrogens is 673 g/mol. The van der Waals surface area contributed by atoms with Crippen molar-refractivity contribution in [1.82, 2.24) is 0 Å². The Kier molecular flexibility index (Phi) is 41.5. The standard InChI is InChI=1S/C48H86O6/c1-4-7-10-13-16-19-22-24-27-29-32-35-38-41-47(50)53-44-45(43-52-46(49)40-37-34-31-28-25-21-18-15-12-9-6-3)54-48(51)42-39-36-33-30-26-23-20-17-14-11-8-5-2/h8,11,17,20,26,30,45H,4-7,9-10,12-16,18-19,21-25,27-29,31-44H2,1-3H3/b11-8-,20-17-,30-26-. The van der Waals surface area contributed by atoms with Crippen molar-refractivity contribution in [2.24, 2.45) is 0 Å². The van der Waals surface area contributed by atoms with E-state index in [0.717, 1.165) is 70.6 Å². The van der Waals surface area contributed by atoms with Crippen LogP contribution < -0.4 is 0 Å². The quantitative estimate of drug-likeness (QED) is 0.0267. The van der Waals surface area contributed by atoms with Gasteiger partial charge in [0, 0.05) is 19.3 Å². The maximum absolute atomic E-state index is 12.7. The van der Waals surface area contributed by atoms with E-state index in [-0.39, 0.29) is 37.5 Å². The predicted octanol–water partition coefficient (Wildman–Crippen LogP) is 14.6. The molecule has 0 fully saturated rings. The Morgan fingerprint density at radius 3 is 1.13 bits per heavy atom.